The van der Waals surface area contributed by atoms with Crippen LogP contribution in [0.5, 0.6) is 0 Å². The zero-order chi connectivity index (χ0) is 14.1. The van der Waals surface area contributed by atoms with Crippen molar-refractivity contribution in [3.05, 3.63) is 52.3 Å². The van der Waals surface area contributed by atoms with Crippen molar-refractivity contribution in [1.29, 1.82) is 0 Å². The smallest absolute Gasteiger partial charge is 0.151 e. The van der Waals surface area contributed by atoms with Crippen molar-refractivity contribution < 1.29 is 4.39 Å². The fourth-order valence-corrected chi connectivity index (χ4v) is 4.48. The quantitative estimate of drug-likeness (QED) is 0.517. The van der Waals surface area contributed by atoms with E-state index in [9.17, 15) is 4.39 Å². The number of rotatable bonds is 3. The van der Waals surface area contributed by atoms with Crippen LogP contribution >= 0.6 is 39.0 Å². The first-order valence-corrected chi connectivity index (χ1v) is 8.45. The van der Waals surface area contributed by atoms with Crippen molar-refractivity contribution in [3.63, 3.8) is 0 Å². The zero-order valence-electron chi connectivity index (χ0n) is 10.3. The largest absolute Gasteiger partial charge is 0.399 e. The van der Waals surface area contributed by atoms with Gasteiger partial charge in [-0.05, 0) is 45.8 Å². The van der Waals surface area contributed by atoms with Crippen LogP contribution in [0.3, 0.4) is 0 Å². The van der Waals surface area contributed by atoms with Gasteiger partial charge in [-0.2, -0.15) is 0 Å². The minimum atomic E-state index is -0.236. The third-order valence-electron chi connectivity index (χ3n) is 2.78. The molecule has 0 radical (unpaired) electrons. The Balaban J connectivity index is 1.81. The Bertz CT molecular complexity index is 773. The summed E-state index contributed by atoms with van der Waals surface area (Å²) in [5.41, 5.74) is 8.37. The summed E-state index contributed by atoms with van der Waals surface area (Å²) in [6.45, 7) is 0. The molecule has 0 saturated heterocycles. The number of nitrogen functional groups attached to an aromatic ring is 1. The lowest BCUT2D eigenvalue weighted by Gasteiger charge is -2.03. The van der Waals surface area contributed by atoms with E-state index in [4.69, 9.17) is 5.73 Å². The first-order chi connectivity index (χ1) is 9.63. The lowest BCUT2D eigenvalue weighted by molar-refractivity contribution is 0.619. The molecule has 0 saturated carbocycles. The molecule has 1 aromatic heterocycles. The van der Waals surface area contributed by atoms with Crippen LogP contribution in [0.25, 0.3) is 10.2 Å². The van der Waals surface area contributed by atoms with Gasteiger partial charge in [-0.25, -0.2) is 9.37 Å². The summed E-state index contributed by atoms with van der Waals surface area (Å²) in [7, 11) is 0. The molecule has 2 nitrogen and oxygen atoms in total. The maximum Gasteiger partial charge on any atom is 0.151 e. The van der Waals surface area contributed by atoms with E-state index in [0.29, 0.717) is 10.2 Å². The highest BCUT2D eigenvalue weighted by Gasteiger charge is 2.08. The van der Waals surface area contributed by atoms with Crippen LogP contribution in [0.4, 0.5) is 10.1 Å². The van der Waals surface area contributed by atoms with E-state index in [2.05, 4.69) is 20.9 Å². The van der Waals surface area contributed by atoms with Crippen LogP contribution in [-0.2, 0) is 5.75 Å². The van der Waals surface area contributed by atoms with E-state index in [-0.39, 0.29) is 5.82 Å². The molecule has 1 heterocycles. The third kappa shape index (κ3) is 2.82. The van der Waals surface area contributed by atoms with Gasteiger partial charge in [0.15, 0.2) is 4.34 Å². The minimum absolute atomic E-state index is 0.236. The van der Waals surface area contributed by atoms with Crippen LogP contribution in [0, 0.1) is 5.82 Å². The van der Waals surface area contributed by atoms with Crippen molar-refractivity contribution in [2.45, 2.75) is 10.1 Å². The summed E-state index contributed by atoms with van der Waals surface area (Å²) in [6, 6.07) is 10.8. The van der Waals surface area contributed by atoms with Crippen LogP contribution in [0.15, 0.2) is 45.2 Å². The maximum absolute atomic E-state index is 13.4. The highest BCUT2D eigenvalue weighted by Crippen LogP contribution is 2.34. The normalized spacial score (nSPS) is 11.1. The molecule has 0 aliphatic carbocycles. The Labute approximate surface area is 132 Å². The predicted molar refractivity (Wildman–Crippen MR) is 87.7 cm³/mol. The van der Waals surface area contributed by atoms with E-state index < -0.39 is 0 Å². The average Bonchev–Trinajstić information content (AvgIpc) is 2.82. The number of halogens is 2. The molecule has 102 valence electrons. The van der Waals surface area contributed by atoms with Gasteiger partial charge in [0, 0.05) is 11.4 Å². The van der Waals surface area contributed by atoms with Gasteiger partial charge >= 0.3 is 0 Å². The molecule has 0 amide bonds. The Kier molecular flexibility index (Phi) is 3.96. The number of anilines is 1. The number of aromatic nitrogens is 1. The highest BCUT2D eigenvalue weighted by atomic mass is 79.9. The van der Waals surface area contributed by atoms with Crippen LogP contribution in [-0.4, -0.2) is 4.98 Å². The number of thiazole rings is 1. The van der Waals surface area contributed by atoms with E-state index in [1.165, 1.54) is 6.07 Å². The van der Waals surface area contributed by atoms with Gasteiger partial charge in [-0.15, -0.1) is 11.3 Å². The van der Waals surface area contributed by atoms with Crippen molar-refractivity contribution in [2.24, 2.45) is 0 Å². The summed E-state index contributed by atoms with van der Waals surface area (Å²) in [5, 5.41) is 0. The topological polar surface area (TPSA) is 38.9 Å². The van der Waals surface area contributed by atoms with Gasteiger partial charge < -0.3 is 5.73 Å². The molecule has 0 aliphatic rings. The highest BCUT2D eigenvalue weighted by molar-refractivity contribution is 9.10. The van der Waals surface area contributed by atoms with Gasteiger partial charge in [-0.3, -0.25) is 0 Å². The Morgan fingerprint density at radius 1 is 1.30 bits per heavy atom. The molecule has 3 aromatic rings. The lowest BCUT2D eigenvalue weighted by Crippen LogP contribution is -1.86. The van der Waals surface area contributed by atoms with Crippen molar-refractivity contribution in [3.8, 4) is 0 Å². The van der Waals surface area contributed by atoms with Gasteiger partial charge in [0.05, 0.1) is 14.7 Å². The molecular weight excluding hydrogens is 359 g/mol. The molecule has 0 atom stereocenters. The van der Waals surface area contributed by atoms with Crippen LogP contribution in [0.1, 0.15) is 5.56 Å². The number of benzene rings is 2. The Morgan fingerprint density at radius 3 is 3.00 bits per heavy atom. The van der Waals surface area contributed by atoms with Gasteiger partial charge in [0.2, 0.25) is 0 Å². The van der Waals surface area contributed by atoms with Gasteiger partial charge in [0.1, 0.15) is 5.82 Å². The molecule has 3 rings (SSSR count). The molecule has 0 fully saturated rings. The van der Waals surface area contributed by atoms with Crippen LogP contribution < -0.4 is 5.73 Å². The summed E-state index contributed by atoms with van der Waals surface area (Å²) in [4.78, 5) is 4.54. The van der Waals surface area contributed by atoms with Crippen LogP contribution in [0.2, 0.25) is 0 Å². The first-order valence-electron chi connectivity index (χ1n) is 5.85. The SMILES string of the molecule is Nc1ccc2nc(SCc3cccc(F)c3Br)sc2c1. The number of fused-ring (bicyclic) bond motifs is 1. The molecule has 0 aliphatic heterocycles. The van der Waals surface area contributed by atoms with Crippen molar-refractivity contribution in [2.75, 3.05) is 5.73 Å². The fraction of sp³-hybridized carbons (Fsp3) is 0.0714. The molecule has 2 N–H and O–H groups in total. The summed E-state index contributed by atoms with van der Waals surface area (Å²) in [5.74, 6) is 0.438. The second-order valence-electron chi connectivity index (χ2n) is 4.21. The number of hydrogen-bond acceptors (Lipinski definition) is 4. The molecular formula is C14H10BrFN2S2. The number of nitrogens with zero attached hydrogens (tertiary/aromatic N) is 1. The fourth-order valence-electron chi connectivity index (χ4n) is 1.78. The summed E-state index contributed by atoms with van der Waals surface area (Å²) in [6.07, 6.45) is 0. The minimum Gasteiger partial charge on any atom is -0.399 e. The van der Waals surface area contributed by atoms with Gasteiger partial charge in [-0.1, -0.05) is 23.9 Å². The van der Waals surface area contributed by atoms with E-state index in [1.54, 1.807) is 29.2 Å². The number of thioether (sulfide) groups is 1. The van der Waals surface area contributed by atoms with Crippen molar-refractivity contribution in [1.82, 2.24) is 4.98 Å². The number of hydrogen-bond donors (Lipinski definition) is 1. The maximum atomic E-state index is 13.4. The molecule has 6 heteroatoms. The molecule has 20 heavy (non-hydrogen) atoms. The van der Waals surface area contributed by atoms with Gasteiger partial charge in [0.25, 0.3) is 0 Å². The van der Waals surface area contributed by atoms with E-state index in [0.717, 1.165) is 25.8 Å². The van der Waals surface area contributed by atoms with E-state index >= 15 is 0 Å². The first kappa shape index (κ1) is 13.9. The second kappa shape index (κ2) is 5.71. The molecule has 0 unspecified atom stereocenters. The number of nitrogens with two attached hydrogens (primary N) is 1. The Hall–Kier alpha value is -1.11. The van der Waals surface area contributed by atoms with E-state index in [1.807, 2.05) is 24.3 Å². The lowest BCUT2D eigenvalue weighted by atomic mass is 10.2. The third-order valence-corrected chi connectivity index (χ3v) is 5.87. The standard InChI is InChI=1S/C14H10BrFN2S2/c15-13-8(2-1-3-10(13)16)7-19-14-18-11-5-4-9(17)6-12(11)20-14/h1-6H,7,17H2. The average molecular weight is 369 g/mol. The Morgan fingerprint density at radius 2 is 2.15 bits per heavy atom. The predicted octanol–water partition coefficient (Wildman–Crippen LogP) is 5.07. The molecule has 0 bridgehead atoms. The summed E-state index contributed by atoms with van der Waals surface area (Å²) >= 11 is 6.48. The summed E-state index contributed by atoms with van der Waals surface area (Å²) < 4.78 is 16.0. The molecule has 2 aromatic carbocycles. The zero-order valence-corrected chi connectivity index (χ0v) is 13.5. The second-order valence-corrected chi connectivity index (χ2v) is 7.25. The monoisotopic (exact) mass is 368 g/mol. The molecule has 0 spiro atoms. The van der Waals surface area contributed by atoms with Crippen molar-refractivity contribution >= 4 is 54.9 Å².